The van der Waals surface area contributed by atoms with Gasteiger partial charge in [0.25, 0.3) is 11.8 Å². The maximum atomic E-state index is 12.8. The van der Waals surface area contributed by atoms with Gasteiger partial charge in [-0.15, -0.1) is 0 Å². The van der Waals surface area contributed by atoms with Crippen LogP contribution in [0.1, 0.15) is 40.7 Å². The van der Waals surface area contributed by atoms with Crippen molar-refractivity contribution in [3.05, 3.63) is 59.9 Å². The van der Waals surface area contributed by atoms with Crippen molar-refractivity contribution in [1.29, 1.82) is 0 Å². The molecule has 2 heterocycles. The van der Waals surface area contributed by atoms with Crippen LogP contribution in [-0.4, -0.2) is 42.6 Å². The topological polar surface area (TPSA) is 71.5 Å². The molecular weight excluding hydrogens is 330 g/mol. The summed E-state index contributed by atoms with van der Waals surface area (Å²) in [7, 11) is 0. The first-order valence-corrected chi connectivity index (χ1v) is 8.93. The SMILES string of the molecule is CCN(C(=O)c1cccc(C(=O)NCC2CCCO2)n1)c1ccccc1. The van der Waals surface area contributed by atoms with Gasteiger partial charge in [-0.1, -0.05) is 24.3 Å². The van der Waals surface area contributed by atoms with Crippen LogP contribution in [0.2, 0.25) is 0 Å². The van der Waals surface area contributed by atoms with Gasteiger partial charge in [-0.25, -0.2) is 4.98 Å². The molecule has 0 radical (unpaired) electrons. The smallest absolute Gasteiger partial charge is 0.276 e. The molecule has 6 heteroatoms. The van der Waals surface area contributed by atoms with E-state index >= 15 is 0 Å². The second-order valence-electron chi connectivity index (χ2n) is 6.14. The lowest BCUT2D eigenvalue weighted by molar-refractivity contribution is 0.0853. The Kier molecular flexibility index (Phi) is 5.96. The number of amides is 2. The van der Waals surface area contributed by atoms with Crippen molar-refractivity contribution >= 4 is 17.5 Å². The zero-order valence-corrected chi connectivity index (χ0v) is 14.9. The van der Waals surface area contributed by atoms with Crippen molar-refractivity contribution in [3.8, 4) is 0 Å². The van der Waals surface area contributed by atoms with Gasteiger partial charge in [0.05, 0.1) is 6.10 Å². The van der Waals surface area contributed by atoms with E-state index in [1.807, 2.05) is 37.3 Å². The molecule has 1 N–H and O–H groups in total. The minimum Gasteiger partial charge on any atom is -0.376 e. The van der Waals surface area contributed by atoms with Crippen LogP contribution in [0.3, 0.4) is 0 Å². The first-order valence-electron chi connectivity index (χ1n) is 8.93. The molecule has 0 aliphatic carbocycles. The summed E-state index contributed by atoms with van der Waals surface area (Å²) >= 11 is 0. The van der Waals surface area contributed by atoms with Gasteiger partial charge in [0.2, 0.25) is 0 Å². The van der Waals surface area contributed by atoms with Crippen LogP contribution < -0.4 is 10.2 Å². The van der Waals surface area contributed by atoms with E-state index in [4.69, 9.17) is 4.74 Å². The maximum absolute atomic E-state index is 12.8. The number of anilines is 1. The average Bonchev–Trinajstić information content (AvgIpc) is 3.21. The Morgan fingerprint density at radius 3 is 2.62 bits per heavy atom. The quantitative estimate of drug-likeness (QED) is 0.867. The monoisotopic (exact) mass is 353 g/mol. The molecule has 0 bridgehead atoms. The van der Waals surface area contributed by atoms with E-state index < -0.39 is 0 Å². The third-order valence-corrected chi connectivity index (χ3v) is 4.34. The van der Waals surface area contributed by atoms with Crippen molar-refractivity contribution < 1.29 is 14.3 Å². The number of nitrogens with one attached hydrogen (secondary N) is 1. The molecule has 136 valence electrons. The van der Waals surface area contributed by atoms with E-state index in [2.05, 4.69) is 10.3 Å². The van der Waals surface area contributed by atoms with Crippen molar-refractivity contribution in [2.24, 2.45) is 0 Å². The van der Waals surface area contributed by atoms with Crippen LogP contribution in [0.15, 0.2) is 48.5 Å². The third-order valence-electron chi connectivity index (χ3n) is 4.34. The summed E-state index contributed by atoms with van der Waals surface area (Å²) in [5.41, 5.74) is 1.29. The minimum absolute atomic E-state index is 0.0671. The van der Waals surface area contributed by atoms with E-state index in [-0.39, 0.29) is 29.3 Å². The molecule has 0 saturated carbocycles. The molecule has 1 aromatic heterocycles. The summed E-state index contributed by atoms with van der Waals surface area (Å²) in [6.07, 6.45) is 2.04. The summed E-state index contributed by atoms with van der Waals surface area (Å²) < 4.78 is 5.50. The van der Waals surface area contributed by atoms with Crippen LogP contribution in [0.5, 0.6) is 0 Å². The second kappa shape index (κ2) is 8.58. The predicted octanol–water partition coefficient (Wildman–Crippen LogP) is 2.66. The zero-order chi connectivity index (χ0) is 18.4. The van der Waals surface area contributed by atoms with E-state index in [9.17, 15) is 9.59 Å². The number of rotatable bonds is 6. The van der Waals surface area contributed by atoms with Crippen molar-refractivity contribution in [2.45, 2.75) is 25.9 Å². The van der Waals surface area contributed by atoms with Crippen molar-refractivity contribution in [1.82, 2.24) is 10.3 Å². The Bertz CT molecular complexity index is 758. The van der Waals surface area contributed by atoms with Gasteiger partial charge in [0, 0.05) is 25.4 Å². The fraction of sp³-hybridized carbons (Fsp3) is 0.350. The number of carbonyl (C=O) groups excluding carboxylic acids is 2. The van der Waals surface area contributed by atoms with Gasteiger partial charge in [-0.2, -0.15) is 0 Å². The van der Waals surface area contributed by atoms with Crippen molar-refractivity contribution in [3.63, 3.8) is 0 Å². The highest BCUT2D eigenvalue weighted by Crippen LogP contribution is 2.16. The number of nitrogens with zero attached hydrogens (tertiary/aromatic N) is 2. The van der Waals surface area contributed by atoms with Crippen LogP contribution in [0, 0.1) is 0 Å². The summed E-state index contributed by atoms with van der Waals surface area (Å²) in [6.45, 7) is 3.63. The fourth-order valence-corrected chi connectivity index (χ4v) is 2.97. The van der Waals surface area contributed by atoms with E-state index in [1.165, 1.54) is 0 Å². The number of aromatic nitrogens is 1. The number of para-hydroxylation sites is 1. The minimum atomic E-state index is -0.294. The highest BCUT2D eigenvalue weighted by Gasteiger charge is 2.20. The van der Waals surface area contributed by atoms with E-state index in [0.717, 1.165) is 25.1 Å². The zero-order valence-electron chi connectivity index (χ0n) is 14.9. The normalized spacial score (nSPS) is 16.3. The Hall–Kier alpha value is -2.73. The molecule has 1 aliphatic rings. The van der Waals surface area contributed by atoms with Gasteiger partial charge in [-0.05, 0) is 44.0 Å². The lowest BCUT2D eigenvalue weighted by Gasteiger charge is -2.20. The summed E-state index contributed by atoms with van der Waals surface area (Å²) in [6, 6.07) is 14.3. The summed E-state index contributed by atoms with van der Waals surface area (Å²) in [5, 5.41) is 2.83. The van der Waals surface area contributed by atoms with Crippen LogP contribution in [0.25, 0.3) is 0 Å². The van der Waals surface area contributed by atoms with Crippen LogP contribution >= 0.6 is 0 Å². The predicted molar refractivity (Wildman–Crippen MR) is 99.3 cm³/mol. The Labute approximate surface area is 153 Å². The highest BCUT2D eigenvalue weighted by atomic mass is 16.5. The van der Waals surface area contributed by atoms with Crippen LogP contribution in [-0.2, 0) is 4.74 Å². The standard InChI is InChI=1S/C20H23N3O3/c1-2-23(15-8-4-3-5-9-15)20(25)18-12-6-11-17(22-18)19(24)21-14-16-10-7-13-26-16/h3-6,8-9,11-12,16H,2,7,10,13-14H2,1H3,(H,21,24). The molecule has 1 aliphatic heterocycles. The molecule has 2 aromatic rings. The van der Waals surface area contributed by atoms with Gasteiger partial charge in [-0.3, -0.25) is 9.59 Å². The van der Waals surface area contributed by atoms with Gasteiger partial charge in [0.1, 0.15) is 11.4 Å². The molecule has 3 rings (SSSR count). The van der Waals surface area contributed by atoms with E-state index in [1.54, 1.807) is 23.1 Å². The first-order chi connectivity index (χ1) is 12.7. The molecule has 1 fully saturated rings. The fourth-order valence-electron chi connectivity index (χ4n) is 2.97. The van der Waals surface area contributed by atoms with Gasteiger partial charge >= 0.3 is 0 Å². The second-order valence-corrected chi connectivity index (χ2v) is 6.14. The molecular formula is C20H23N3O3. The number of benzene rings is 1. The van der Waals surface area contributed by atoms with Gasteiger partial charge in [0.15, 0.2) is 0 Å². The average molecular weight is 353 g/mol. The Balaban J connectivity index is 1.71. The number of hydrogen-bond donors (Lipinski definition) is 1. The van der Waals surface area contributed by atoms with Crippen LogP contribution in [0.4, 0.5) is 5.69 Å². The molecule has 2 amide bonds. The third kappa shape index (κ3) is 4.26. The highest BCUT2D eigenvalue weighted by molar-refractivity contribution is 6.05. The molecule has 1 saturated heterocycles. The number of pyridine rings is 1. The lowest BCUT2D eigenvalue weighted by atomic mass is 10.2. The molecule has 6 nitrogen and oxygen atoms in total. The van der Waals surface area contributed by atoms with E-state index in [0.29, 0.717) is 13.1 Å². The largest absolute Gasteiger partial charge is 0.376 e. The molecule has 26 heavy (non-hydrogen) atoms. The molecule has 1 aromatic carbocycles. The number of carbonyl (C=O) groups is 2. The Morgan fingerprint density at radius 2 is 1.92 bits per heavy atom. The maximum Gasteiger partial charge on any atom is 0.276 e. The Morgan fingerprint density at radius 1 is 1.15 bits per heavy atom. The van der Waals surface area contributed by atoms with Gasteiger partial charge < -0.3 is 15.0 Å². The molecule has 0 spiro atoms. The first kappa shape index (κ1) is 18.1. The van der Waals surface area contributed by atoms with Crippen molar-refractivity contribution in [2.75, 3.05) is 24.6 Å². The summed E-state index contributed by atoms with van der Waals surface area (Å²) in [5.74, 6) is -0.523. The number of ether oxygens (including phenoxy) is 1. The molecule has 1 atom stereocenters. The number of hydrogen-bond acceptors (Lipinski definition) is 4. The molecule has 1 unspecified atom stereocenters. The lowest BCUT2D eigenvalue weighted by Crippen LogP contribution is -2.34. The summed E-state index contributed by atoms with van der Waals surface area (Å²) in [4.78, 5) is 31.1.